The number of aryl methyl sites for hydroxylation is 1. The Labute approximate surface area is 148 Å². The molecule has 2 N–H and O–H groups in total. The fourth-order valence-corrected chi connectivity index (χ4v) is 2.90. The third-order valence-corrected chi connectivity index (χ3v) is 4.26. The first-order valence-electron chi connectivity index (χ1n) is 8.71. The van der Waals surface area contributed by atoms with E-state index in [-0.39, 0.29) is 6.03 Å². The van der Waals surface area contributed by atoms with Gasteiger partial charge in [-0.3, -0.25) is 0 Å². The van der Waals surface area contributed by atoms with Crippen molar-refractivity contribution in [2.45, 2.75) is 25.4 Å². The molecule has 0 radical (unpaired) electrons. The van der Waals surface area contributed by atoms with Gasteiger partial charge in [-0.05, 0) is 37.0 Å². The number of benzene rings is 2. The van der Waals surface area contributed by atoms with Crippen molar-refractivity contribution in [3.63, 3.8) is 0 Å². The first kappa shape index (κ1) is 17.3. The van der Waals surface area contributed by atoms with Crippen molar-refractivity contribution in [1.29, 1.82) is 0 Å². The summed E-state index contributed by atoms with van der Waals surface area (Å²) in [6.45, 7) is 1.61. The second-order valence-corrected chi connectivity index (χ2v) is 6.28. The molecular formula is C20H24N2O3. The third-order valence-electron chi connectivity index (χ3n) is 4.26. The zero-order valence-electron chi connectivity index (χ0n) is 14.2. The summed E-state index contributed by atoms with van der Waals surface area (Å²) in [7, 11) is 0. The highest BCUT2D eigenvalue weighted by molar-refractivity contribution is 5.89. The van der Waals surface area contributed by atoms with Gasteiger partial charge in [0, 0.05) is 24.8 Å². The largest absolute Gasteiger partial charge is 0.494 e. The number of aliphatic hydroxyl groups excluding tert-OH is 1. The van der Waals surface area contributed by atoms with E-state index >= 15 is 0 Å². The van der Waals surface area contributed by atoms with Crippen molar-refractivity contribution < 1.29 is 14.6 Å². The van der Waals surface area contributed by atoms with Crippen LogP contribution in [0.15, 0.2) is 54.6 Å². The second kappa shape index (κ2) is 8.53. The summed E-state index contributed by atoms with van der Waals surface area (Å²) in [6, 6.07) is 17.6. The number of rotatable bonds is 6. The molecule has 3 rings (SSSR count). The molecule has 0 spiro atoms. The number of nitrogens with zero attached hydrogens (tertiary/aromatic N) is 1. The normalized spacial score (nSPS) is 16.7. The number of carbonyl (C=O) groups is 1. The van der Waals surface area contributed by atoms with Crippen molar-refractivity contribution >= 4 is 11.7 Å². The molecular weight excluding hydrogens is 316 g/mol. The predicted molar refractivity (Wildman–Crippen MR) is 97.9 cm³/mol. The first-order chi connectivity index (χ1) is 12.2. The van der Waals surface area contributed by atoms with Crippen LogP contribution in [0, 0.1) is 0 Å². The van der Waals surface area contributed by atoms with Crippen molar-refractivity contribution in [3.05, 3.63) is 60.2 Å². The van der Waals surface area contributed by atoms with E-state index in [0.717, 1.165) is 18.6 Å². The fourth-order valence-electron chi connectivity index (χ4n) is 2.90. The summed E-state index contributed by atoms with van der Waals surface area (Å²) in [4.78, 5) is 13.8. The van der Waals surface area contributed by atoms with Gasteiger partial charge in [-0.2, -0.15) is 0 Å². The average Bonchev–Trinajstić information content (AvgIpc) is 3.07. The lowest BCUT2D eigenvalue weighted by Gasteiger charge is -2.17. The smallest absolute Gasteiger partial charge is 0.321 e. The number of hydrogen-bond acceptors (Lipinski definition) is 3. The number of nitrogens with one attached hydrogen (secondary N) is 1. The van der Waals surface area contributed by atoms with E-state index in [1.165, 1.54) is 5.56 Å². The van der Waals surface area contributed by atoms with Crippen molar-refractivity contribution in [3.8, 4) is 5.75 Å². The summed E-state index contributed by atoms with van der Waals surface area (Å²) in [6.07, 6.45) is 2.14. The van der Waals surface area contributed by atoms with Crippen LogP contribution in [0.4, 0.5) is 10.5 Å². The van der Waals surface area contributed by atoms with Gasteiger partial charge in [-0.25, -0.2) is 4.79 Å². The molecule has 25 heavy (non-hydrogen) atoms. The molecule has 132 valence electrons. The van der Waals surface area contributed by atoms with Crippen LogP contribution in [0.25, 0.3) is 0 Å². The van der Waals surface area contributed by atoms with Crippen LogP contribution in [-0.4, -0.2) is 41.8 Å². The summed E-state index contributed by atoms with van der Waals surface area (Å²) in [5.41, 5.74) is 2.01. The highest BCUT2D eigenvalue weighted by atomic mass is 16.5. The second-order valence-electron chi connectivity index (χ2n) is 6.28. The molecule has 1 fully saturated rings. The molecule has 1 heterocycles. The maximum absolute atomic E-state index is 12.2. The van der Waals surface area contributed by atoms with Gasteiger partial charge in [0.2, 0.25) is 0 Å². The molecule has 1 aliphatic rings. The van der Waals surface area contributed by atoms with Crippen LogP contribution in [0.3, 0.4) is 0 Å². The SMILES string of the molecule is O=C(Nc1cccc(OCCCc2ccccc2)c1)N1CC[C@@H](O)C1. The molecule has 1 saturated heterocycles. The van der Waals surface area contributed by atoms with Gasteiger partial charge >= 0.3 is 6.03 Å². The number of urea groups is 1. The first-order valence-corrected chi connectivity index (χ1v) is 8.71. The number of anilines is 1. The van der Waals surface area contributed by atoms with E-state index in [1.54, 1.807) is 4.90 Å². The minimum absolute atomic E-state index is 0.183. The van der Waals surface area contributed by atoms with E-state index < -0.39 is 6.10 Å². The van der Waals surface area contributed by atoms with Gasteiger partial charge in [0.25, 0.3) is 0 Å². The number of hydrogen-bond donors (Lipinski definition) is 2. The Morgan fingerprint density at radius 1 is 1.20 bits per heavy atom. The minimum atomic E-state index is -0.412. The highest BCUT2D eigenvalue weighted by Crippen LogP contribution is 2.19. The van der Waals surface area contributed by atoms with Gasteiger partial charge in [0.1, 0.15) is 5.75 Å². The standard InChI is InChI=1S/C20H24N2O3/c23-18-11-12-22(15-18)20(24)21-17-9-4-10-19(14-17)25-13-5-8-16-6-2-1-3-7-16/h1-4,6-7,9-10,14,18,23H,5,8,11-13,15H2,(H,21,24)/t18-/m1/s1. The van der Waals surface area contributed by atoms with E-state index in [9.17, 15) is 9.90 Å². The molecule has 2 aromatic rings. The van der Waals surface area contributed by atoms with Gasteiger partial charge in [0.15, 0.2) is 0 Å². The molecule has 2 amide bonds. The van der Waals surface area contributed by atoms with Crippen molar-refractivity contribution in [2.24, 2.45) is 0 Å². The topological polar surface area (TPSA) is 61.8 Å². The zero-order valence-corrected chi connectivity index (χ0v) is 14.2. The van der Waals surface area contributed by atoms with Gasteiger partial charge in [0.05, 0.1) is 12.7 Å². The molecule has 0 aliphatic carbocycles. The van der Waals surface area contributed by atoms with Crippen molar-refractivity contribution in [1.82, 2.24) is 4.90 Å². The Balaban J connectivity index is 1.45. The number of ether oxygens (including phenoxy) is 1. The Kier molecular flexibility index (Phi) is 5.90. The quantitative estimate of drug-likeness (QED) is 0.793. The molecule has 0 bridgehead atoms. The lowest BCUT2D eigenvalue weighted by atomic mass is 10.1. The number of β-amino-alcohol motifs (C(OH)–C–C–N with tert-alkyl or cyclic N) is 1. The molecule has 2 aromatic carbocycles. The van der Waals surface area contributed by atoms with Gasteiger partial charge in [-0.1, -0.05) is 36.4 Å². The number of aliphatic hydroxyl groups is 1. The highest BCUT2D eigenvalue weighted by Gasteiger charge is 2.24. The molecule has 5 nitrogen and oxygen atoms in total. The van der Waals surface area contributed by atoms with Crippen LogP contribution < -0.4 is 10.1 Å². The molecule has 1 atom stereocenters. The lowest BCUT2D eigenvalue weighted by Crippen LogP contribution is -2.33. The van der Waals surface area contributed by atoms with Crippen molar-refractivity contribution in [2.75, 3.05) is 25.0 Å². The van der Waals surface area contributed by atoms with Crippen LogP contribution in [-0.2, 0) is 6.42 Å². The summed E-state index contributed by atoms with van der Waals surface area (Å²) in [5, 5.41) is 12.4. The minimum Gasteiger partial charge on any atom is -0.494 e. The molecule has 0 unspecified atom stereocenters. The Morgan fingerprint density at radius 2 is 2.04 bits per heavy atom. The molecule has 1 aliphatic heterocycles. The zero-order chi connectivity index (χ0) is 17.5. The van der Waals surface area contributed by atoms with Gasteiger partial charge < -0.3 is 20.1 Å². The number of likely N-dealkylation sites (tertiary alicyclic amines) is 1. The van der Waals surface area contributed by atoms with Crippen LogP contribution in [0.1, 0.15) is 18.4 Å². The van der Waals surface area contributed by atoms with E-state index in [1.807, 2.05) is 42.5 Å². The summed E-state index contributed by atoms with van der Waals surface area (Å²) < 4.78 is 5.79. The average molecular weight is 340 g/mol. The third kappa shape index (κ3) is 5.22. The maximum atomic E-state index is 12.2. The van der Waals surface area contributed by atoms with Crippen LogP contribution >= 0.6 is 0 Å². The van der Waals surface area contributed by atoms with Gasteiger partial charge in [-0.15, -0.1) is 0 Å². The van der Waals surface area contributed by atoms with E-state index in [2.05, 4.69) is 17.4 Å². The summed E-state index contributed by atoms with van der Waals surface area (Å²) >= 11 is 0. The maximum Gasteiger partial charge on any atom is 0.321 e. The lowest BCUT2D eigenvalue weighted by molar-refractivity contribution is 0.176. The summed E-state index contributed by atoms with van der Waals surface area (Å²) in [5.74, 6) is 0.743. The molecule has 0 saturated carbocycles. The Hall–Kier alpha value is -2.53. The van der Waals surface area contributed by atoms with E-state index in [4.69, 9.17) is 4.74 Å². The number of amides is 2. The van der Waals surface area contributed by atoms with Crippen LogP contribution in [0.5, 0.6) is 5.75 Å². The molecule has 5 heteroatoms. The monoisotopic (exact) mass is 340 g/mol. The van der Waals surface area contributed by atoms with E-state index in [0.29, 0.717) is 31.8 Å². The molecule has 0 aromatic heterocycles. The number of carbonyl (C=O) groups excluding carboxylic acids is 1. The predicted octanol–water partition coefficient (Wildman–Crippen LogP) is 3.30. The fraction of sp³-hybridized carbons (Fsp3) is 0.350. The Bertz CT molecular complexity index is 690. The Morgan fingerprint density at radius 3 is 2.80 bits per heavy atom. The van der Waals surface area contributed by atoms with Crippen LogP contribution in [0.2, 0.25) is 0 Å².